The lowest BCUT2D eigenvalue weighted by Gasteiger charge is -2.38. The molecule has 1 atom stereocenters. The number of alkyl halides is 3. The van der Waals surface area contributed by atoms with Gasteiger partial charge in [-0.1, -0.05) is 6.07 Å². The minimum absolute atomic E-state index is 0.0757. The van der Waals surface area contributed by atoms with Crippen molar-refractivity contribution < 1.29 is 35.9 Å². The molecule has 1 aliphatic rings. The van der Waals surface area contributed by atoms with Crippen molar-refractivity contribution >= 4 is 11.6 Å². The normalized spacial score (nSPS) is 17.8. The van der Waals surface area contributed by atoms with Crippen LogP contribution in [0.2, 0.25) is 0 Å². The van der Waals surface area contributed by atoms with Crippen molar-refractivity contribution in [2.24, 2.45) is 0 Å². The number of nitrogens with one attached hydrogen (secondary N) is 1. The van der Waals surface area contributed by atoms with Gasteiger partial charge >= 0.3 is 6.18 Å². The standard InChI is InChI=1S/C23H15F6N3O2/c24-14-4-3-5-15(25)19(14)20-16(26)6-7-17(31-20)21(33)32-18-12-30-10-8-13(18)22(23(27,28)29)9-1-2-11-34-22/h2-8,10-12H,1,9H2,(H,32,33). The lowest BCUT2D eigenvalue weighted by molar-refractivity contribution is -0.273. The maximum atomic E-state index is 14.3. The summed E-state index contributed by atoms with van der Waals surface area (Å²) in [6.07, 6.45) is -0.687. The van der Waals surface area contributed by atoms with Gasteiger partial charge in [-0.2, -0.15) is 13.2 Å². The number of amides is 1. The van der Waals surface area contributed by atoms with Gasteiger partial charge in [0.25, 0.3) is 5.91 Å². The molecule has 0 aliphatic carbocycles. The largest absolute Gasteiger partial charge is 0.481 e. The number of anilines is 1. The number of aromatic nitrogens is 2. The molecule has 0 spiro atoms. The summed E-state index contributed by atoms with van der Waals surface area (Å²) in [6.45, 7) is 0. The van der Waals surface area contributed by atoms with Crippen molar-refractivity contribution in [2.45, 2.75) is 24.6 Å². The minimum atomic E-state index is -4.83. The van der Waals surface area contributed by atoms with Crippen LogP contribution in [0, 0.1) is 17.5 Å². The summed E-state index contributed by atoms with van der Waals surface area (Å²) in [5, 5.41) is 2.27. The average molecular weight is 479 g/mol. The van der Waals surface area contributed by atoms with Gasteiger partial charge < -0.3 is 10.1 Å². The Morgan fingerprint density at radius 2 is 1.76 bits per heavy atom. The van der Waals surface area contributed by atoms with E-state index in [0.717, 1.165) is 55.1 Å². The molecule has 5 nitrogen and oxygen atoms in total. The van der Waals surface area contributed by atoms with E-state index in [1.165, 1.54) is 6.08 Å². The Balaban J connectivity index is 1.73. The van der Waals surface area contributed by atoms with Crippen LogP contribution < -0.4 is 5.32 Å². The first-order valence-electron chi connectivity index (χ1n) is 9.90. The number of halogens is 6. The Hall–Kier alpha value is -3.89. The third kappa shape index (κ3) is 4.09. The van der Waals surface area contributed by atoms with Crippen LogP contribution in [0.25, 0.3) is 11.3 Å². The number of hydrogen-bond donors (Lipinski definition) is 1. The number of rotatable bonds is 4. The van der Waals surface area contributed by atoms with Gasteiger partial charge in [-0.25, -0.2) is 18.2 Å². The highest BCUT2D eigenvalue weighted by Gasteiger charge is 2.59. The molecule has 34 heavy (non-hydrogen) atoms. The molecule has 1 aliphatic heterocycles. The second kappa shape index (κ2) is 8.81. The first-order valence-corrected chi connectivity index (χ1v) is 9.90. The van der Waals surface area contributed by atoms with E-state index >= 15 is 0 Å². The van der Waals surface area contributed by atoms with E-state index < -0.39 is 64.1 Å². The molecule has 1 unspecified atom stereocenters. The SMILES string of the molecule is O=C(Nc1cnccc1C1(C(F)(F)F)CCC=CO1)c1ccc(F)c(-c2c(F)cccc2F)n1. The van der Waals surface area contributed by atoms with Gasteiger partial charge in [-0.15, -0.1) is 0 Å². The minimum Gasteiger partial charge on any atom is -0.481 e. The van der Waals surface area contributed by atoms with Crippen LogP contribution in [-0.4, -0.2) is 22.1 Å². The van der Waals surface area contributed by atoms with Crippen molar-refractivity contribution in [1.82, 2.24) is 9.97 Å². The van der Waals surface area contributed by atoms with Gasteiger partial charge in [0.1, 0.15) is 28.8 Å². The van der Waals surface area contributed by atoms with E-state index in [1.807, 2.05) is 0 Å². The molecule has 3 aromatic rings. The van der Waals surface area contributed by atoms with E-state index in [0.29, 0.717) is 0 Å². The highest BCUT2D eigenvalue weighted by atomic mass is 19.4. The number of benzene rings is 1. The lowest BCUT2D eigenvalue weighted by Crippen LogP contribution is -2.45. The number of nitrogens with zero attached hydrogens (tertiary/aromatic N) is 2. The van der Waals surface area contributed by atoms with E-state index in [-0.39, 0.29) is 12.1 Å². The fraction of sp³-hybridized carbons (Fsp3) is 0.174. The Bertz CT molecular complexity index is 1260. The molecule has 1 amide bonds. The first kappa shape index (κ1) is 23.3. The molecule has 11 heteroatoms. The van der Waals surface area contributed by atoms with E-state index in [2.05, 4.69) is 15.3 Å². The zero-order valence-electron chi connectivity index (χ0n) is 17.2. The molecule has 176 valence electrons. The predicted octanol–water partition coefficient (Wildman–Crippen LogP) is 5.89. The predicted molar refractivity (Wildman–Crippen MR) is 109 cm³/mol. The molecule has 3 heterocycles. The van der Waals surface area contributed by atoms with Crippen molar-refractivity contribution in [3.63, 3.8) is 0 Å². The van der Waals surface area contributed by atoms with Gasteiger partial charge in [-0.3, -0.25) is 9.78 Å². The second-order valence-corrected chi connectivity index (χ2v) is 7.35. The second-order valence-electron chi connectivity index (χ2n) is 7.35. The fourth-order valence-electron chi connectivity index (χ4n) is 3.64. The number of allylic oxidation sites excluding steroid dienone is 1. The molecule has 1 aromatic carbocycles. The smallest absolute Gasteiger partial charge is 0.432 e. The van der Waals surface area contributed by atoms with Crippen molar-refractivity contribution in [1.29, 1.82) is 0 Å². The van der Waals surface area contributed by atoms with E-state index in [9.17, 15) is 31.1 Å². The lowest BCUT2D eigenvalue weighted by atomic mass is 9.86. The van der Waals surface area contributed by atoms with Crippen molar-refractivity contribution in [3.8, 4) is 11.3 Å². The summed E-state index contributed by atoms with van der Waals surface area (Å²) < 4.78 is 89.8. The number of carbonyl (C=O) groups excluding carboxylic acids is 1. The van der Waals surface area contributed by atoms with Crippen LogP contribution in [0.4, 0.5) is 32.0 Å². The van der Waals surface area contributed by atoms with Crippen LogP contribution in [0.5, 0.6) is 0 Å². The third-order valence-electron chi connectivity index (χ3n) is 5.27. The summed E-state index contributed by atoms with van der Waals surface area (Å²) in [6, 6.07) is 5.64. The highest BCUT2D eigenvalue weighted by molar-refractivity contribution is 6.03. The molecular weight excluding hydrogens is 464 g/mol. The summed E-state index contributed by atoms with van der Waals surface area (Å²) in [5.74, 6) is -4.35. The van der Waals surface area contributed by atoms with Gasteiger partial charge in [0.15, 0.2) is 0 Å². The van der Waals surface area contributed by atoms with Crippen LogP contribution in [0.3, 0.4) is 0 Å². The zero-order chi connectivity index (χ0) is 24.5. The molecule has 1 N–H and O–H groups in total. The Morgan fingerprint density at radius 1 is 1.03 bits per heavy atom. The van der Waals surface area contributed by atoms with Crippen LogP contribution in [0.1, 0.15) is 28.9 Å². The summed E-state index contributed by atoms with van der Waals surface area (Å²) in [5.41, 5.74) is -5.47. The van der Waals surface area contributed by atoms with Crippen LogP contribution in [0.15, 0.2) is 61.1 Å². The maximum Gasteiger partial charge on any atom is 0.432 e. The highest BCUT2D eigenvalue weighted by Crippen LogP contribution is 2.49. The number of pyridine rings is 2. The quantitative estimate of drug-likeness (QED) is 0.474. The average Bonchev–Trinajstić information content (AvgIpc) is 2.80. The molecule has 0 radical (unpaired) electrons. The monoisotopic (exact) mass is 479 g/mol. The van der Waals surface area contributed by atoms with Gasteiger partial charge in [0.05, 0.1) is 23.7 Å². The zero-order valence-corrected chi connectivity index (χ0v) is 17.2. The maximum absolute atomic E-state index is 14.3. The molecule has 4 rings (SSSR count). The molecule has 2 aromatic heterocycles. The molecule has 0 saturated carbocycles. The Morgan fingerprint density at radius 3 is 2.41 bits per heavy atom. The first-order chi connectivity index (χ1) is 16.1. The summed E-state index contributed by atoms with van der Waals surface area (Å²) in [4.78, 5) is 20.3. The molecule has 0 fully saturated rings. The number of hydrogen-bond acceptors (Lipinski definition) is 4. The Kier molecular flexibility index (Phi) is 6.03. The van der Waals surface area contributed by atoms with E-state index in [4.69, 9.17) is 4.74 Å². The van der Waals surface area contributed by atoms with Crippen LogP contribution in [-0.2, 0) is 10.3 Å². The summed E-state index contributed by atoms with van der Waals surface area (Å²) >= 11 is 0. The van der Waals surface area contributed by atoms with Gasteiger partial charge in [0, 0.05) is 18.2 Å². The molecule has 0 bridgehead atoms. The van der Waals surface area contributed by atoms with Gasteiger partial charge in [0.2, 0.25) is 5.60 Å². The Labute approximate surface area is 189 Å². The molecular formula is C23H15F6N3O2. The third-order valence-corrected chi connectivity index (χ3v) is 5.27. The van der Waals surface area contributed by atoms with Crippen molar-refractivity contribution in [2.75, 3.05) is 5.32 Å². The number of ether oxygens (including phenoxy) is 1. The van der Waals surface area contributed by atoms with Gasteiger partial charge in [-0.05, 0) is 42.8 Å². The van der Waals surface area contributed by atoms with E-state index in [1.54, 1.807) is 0 Å². The van der Waals surface area contributed by atoms with Crippen LogP contribution >= 0.6 is 0 Å². The van der Waals surface area contributed by atoms with Crippen molar-refractivity contribution in [3.05, 3.63) is 89.8 Å². The number of carbonyl (C=O) groups is 1. The molecule has 0 saturated heterocycles. The summed E-state index contributed by atoms with van der Waals surface area (Å²) in [7, 11) is 0. The topological polar surface area (TPSA) is 64.1 Å². The fourth-order valence-corrected chi connectivity index (χ4v) is 3.64.